The third-order valence-electron chi connectivity index (χ3n) is 4.48. The predicted octanol–water partition coefficient (Wildman–Crippen LogP) is 2.34. The van der Waals surface area contributed by atoms with E-state index >= 15 is 0 Å². The summed E-state index contributed by atoms with van der Waals surface area (Å²) in [6, 6.07) is 9.85. The van der Waals surface area contributed by atoms with Crippen LogP contribution in [0.4, 0.5) is 0 Å². The zero-order chi connectivity index (χ0) is 15.6. The van der Waals surface area contributed by atoms with Gasteiger partial charge in [-0.2, -0.15) is 0 Å². The molecule has 2 unspecified atom stereocenters. The summed E-state index contributed by atoms with van der Waals surface area (Å²) in [5.74, 6) is -0.0410. The molecule has 0 radical (unpaired) electrons. The summed E-state index contributed by atoms with van der Waals surface area (Å²) in [6.07, 6.45) is 0.759. The molecule has 0 amide bonds. The van der Waals surface area contributed by atoms with Crippen molar-refractivity contribution in [1.29, 1.82) is 0 Å². The van der Waals surface area contributed by atoms with Crippen molar-refractivity contribution in [2.75, 3.05) is 13.7 Å². The minimum atomic E-state index is -0.486. The van der Waals surface area contributed by atoms with E-state index in [0.717, 1.165) is 17.7 Å². The average Bonchev–Trinajstić information content (AvgIpc) is 3.30. The van der Waals surface area contributed by atoms with Gasteiger partial charge in [0.2, 0.25) is 0 Å². The molecule has 2 aliphatic rings. The number of hydrogen-bond donors (Lipinski definition) is 0. The zero-order valence-electron chi connectivity index (χ0n) is 13.0. The van der Waals surface area contributed by atoms with Crippen LogP contribution in [0.2, 0.25) is 0 Å². The number of hydrogen-bond acceptors (Lipinski definition) is 5. The van der Waals surface area contributed by atoms with Crippen molar-refractivity contribution in [2.24, 2.45) is 11.1 Å². The van der Waals surface area contributed by atoms with Gasteiger partial charge in [0.1, 0.15) is 18.3 Å². The lowest BCUT2D eigenvalue weighted by Crippen LogP contribution is -2.49. The summed E-state index contributed by atoms with van der Waals surface area (Å²) < 4.78 is 11.1. The fourth-order valence-corrected chi connectivity index (χ4v) is 3.22. The van der Waals surface area contributed by atoms with E-state index in [9.17, 15) is 4.79 Å². The number of Topliss-reactive ketones (excluding diaryl/α,β-unsaturated/α-hetero) is 1. The first-order valence-electron chi connectivity index (χ1n) is 7.56. The van der Waals surface area contributed by atoms with Crippen LogP contribution >= 0.6 is 0 Å². The molecule has 5 nitrogen and oxygen atoms in total. The minimum absolute atomic E-state index is 0.117. The average molecular weight is 303 g/mol. The van der Waals surface area contributed by atoms with Crippen LogP contribution in [0.1, 0.15) is 25.3 Å². The number of ether oxygens (including phenoxy) is 2. The molecular formula is C17H21NO4. The van der Waals surface area contributed by atoms with Crippen molar-refractivity contribution >= 4 is 11.5 Å². The van der Waals surface area contributed by atoms with Gasteiger partial charge in [0.05, 0.1) is 18.2 Å². The highest BCUT2D eigenvalue weighted by Crippen LogP contribution is 2.46. The molecule has 0 N–H and O–H groups in total. The second-order valence-corrected chi connectivity index (χ2v) is 5.95. The number of rotatable bonds is 5. The molecule has 0 aromatic heterocycles. The fourth-order valence-electron chi connectivity index (χ4n) is 3.22. The van der Waals surface area contributed by atoms with Crippen LogP contribution in [-0.4, -0.2) is 36.9 Å². The maximum Gasteiger partial charge on any atom is 0.162 e. The smallest absolute Gasteiger partial charge is 0.162 e. The first-order chi connectivity index (χ1) is 10.7. The van der Waals surface area contributed by atoms with E-state index in [1.807, 2.05) is 37.3 Å². The Bertz CT molecular complexity index is 565. The Hall–Kier alpha value is -1.72. The maximum atomic E-state index is 12.1. The Balaban J connectivity index is 1.70. The fraction of sp³-hybridized carbons (Fsp3) is 0.529. The van der Waals surface area contributed by atoms with Gasteiger partial charge in [0.15, 0.2) is 5.78 Å². The number of oxime groups is 1. The van der Waals surface area contributed by atoms with E-state index in [4.69, 9.17) is 14.3 Å². The van der Waals surface area contributed by atoms with Gasteiger partial charge in [0.25, 0.3) is 0 Å². The topological polar surface area (TPSA) is 60.4 Å². The molecule has 3 atom stereocenters. The molecular weight excluding hydrogens is 282 g/mol. The van der Waals surface area contributed by atoms with Crippen LogP contribution in [0.15, 0.2) is 35.5 Å². The molecule has 118 valence electrons. The number of epoxide rings is 1. The molecule has 3 rings (SSSR count). The van der Waals surface area contributed by atoms with Crippen molar-refractivity contribution in [2.45, 2.75) is 38.1 Å². The van der Waals surface area contributed by atoms with Gasteiger partial charge < -0.3 is 14.3 Å². The summed E-state index contributed by atoms with van der Waals surface area (Å²) >= 11 is 0. The number of ketones is 1. The Morgan fingerprint density at radius 3 is 2.77 bits per heavy atom. The SMILES string of the molecule is COC1C(=O)CC[C@]2(CO2)C1C(C)=NOCc1ccccc1. The first kappa shape index (κ1) is 15.2. The molecule has 22 heavy (non-hydrogen) atoms. The van der Waals surface area contributed by atoms with Gasteiger partial charge in [-0.25, -0.2) is 0 Å². The second-order valence-electron chi connectivity index (χ2n) is 5.95. The van der Waals surface area contributed by atoms with Gasteiger partial charge in [-0.3, -0.25) is 4.79 Å². The standard InChI is InChI=1S/C17H21NO4/c1-12(18-22-10-13-6-4-3-5-7-13)15-16(20-2)14(19)8-9-17(15)11-21-17/h3-7,15-16H,8-11H2,1-2H3/t15?,16?,17-/m0/s1. The number of benzene rings is 1. The molecule has 1 heterocycles. The molecule has 5 heteroatoms. The van der Waals surface area contributed by atoms with Crippen molar-refractivity contribution in [3.05, 3.63) is 35.9 Å². The maximum absolute atomic E-state index is 12.1. The number of methoxy groups -OCH3 is 1. The molecule has 1 aliphatic heterocycles. The Morgan fingerprint density at radius 2 is 2.14 bits per heavy atom. The first-order valence-corrected chi connectivity index (χ1v) is 7.56. The highest BCUT2D eigenvalue weighted by molar-refractivity contribution is 5.95. The Morgan fingerprint density at radius 1 is 1.41 bits per heavy atom. The summed E-state index contributed by atoms with van der Waals surface area (Å²) in [5, 5.41) is 4.22. The van der Waals surface area contributed by atoms with Gasteiger partial charge in [-0.05, 0) is 18.9 Å². The Labute approximate surface area is 130 Å². The van der Waals surface area contributed by atoms with E-state index in [-0.39, 0.29) is 17.3 Å². The molecule has 1 saturated heterocycles. The van der Waals surface area contributed by atoms with Crippen LogP contribution in [0.3, 0.4) is 0 Å². The third-order valence-corrected chi connectivity index (χ3v) is 4.48. The van der Waals surface area contributed by atoms with Crippen LogP contribution in [-0.2, 0) is 25.7 Å². The van der Waals surface area contributed by atoms with Crippen molar-refractivity contribution in [1.82, 2.24) is 0 Å². The van der Waals surface area contributed by atoms with E-state index < -0.39 is 6.10 Å². The van der Waals surface area contributed by atoms with Gasteiger partial charge >= 0.3 is 0 Å². The number of nitrogens with zero attached hydrogens (tertiary/aromatic N) is 1. The summed E-state index contributed by atoms with van der Waals surface area (Å²) in [6.45, 7) is 2.95. The lowest BCUT2D eigenvalue weighted by atomic mass is 9.74. The Kier molecular flexibility index (Phi) is 4.27. The van der Waals surface area contributed by atoms with Crippen LogP contribution in [0, 0.1) is 5.92 Å². The van der Waals surface area contributed by atoms with Gasteiger partial charge in [-0.15, -0.1) is 0 Å². The molecule has 2 fully saturated rings. The second kappa shape index (κ2) is 6.18. The van der Waals surface area contributed by atoms with E-state index in [1.165, 1.54) is 0 Å². The van der Waals surface area contributed by atoms with E-state index in [2.05, 4.69) is 5.16 Å². The van der Waals surface area contributed by atoms with Gasteiger partial charge in [-0.1, -0.05) is 35.5 Å². The van der Waals surface area contributed by atoms with Crippen LogP contribution in [0.5, 0.6) is 0 Å². The van der Waals surface area contributed by atoms with Crippen molar-refractivity contribution < 1.29 is 19.1 Å². The molecule has 1 aromatic carbocycles. The highest BCUT2D eigenvalue weighted by Gasteiger charge is 2.59. The minimum Gasteiger partial charge on any atom is -0.391 e. The van der Waals surface area contributed by atoms with Crippen molar-refractivity contribution in [3.8, 4) is 0 Å². The van der Waals surface area contributed by atoms with Crippen molar-refractivity contribution in [3.63, 3.8) is 0 Å². The van der Waals surface area contributed by atoms with Gasteiger partial charge in [0, 0.05) is 13.5 Å². The quantitative estimate of drug-likeness (QED) is 0.476. The molecule has 0 bridgehead atoms. The summed E-state index contributed by atoms with van der Waals surface area (Å²) in [7, 11) is 1.56. The molecule has 1 spiro atoms. The largest absolute Gasteiger partial charge is 0.391 e. The number of carbonyl (C=O) groups excluding carboxylic acids is 1. The lowest BCUT2D eigenvalue weighted by molar-refractivity contribution is -0.136. The van der Waals surface area contributed by atoms with Crippen LogP contribution in [0.25, 0.3) is 0 Å². The summed E-state index contributed by atoms with van der Waals surface area (Å²) in [5.41, 5.74) is 1.53. The zero-order valence-corrected chi connectivity index (χ0v) is 13.0. The van der Waals surface area contributed by atoms with Crippen LogP contribution < -0.4 is 0 Å². The normalized spacial score (nSPS) is 31.4. The summed E-state index contributed by atoms with van der Waals surface area (Å²) in [4.78, 5) is 17.5. The predicted molar refractivity (Wildman–Crippen MR) is 81.6 cm³/mol. The molecule has 1 saturated carbocycles. The molecule has 1 aromatic rings. The molecule has 1 aliphatic carbocycles. The highest BCUT2D eigenvalue weighted by atomic mass is 16.6. The van der Waals surface area contributed by atoms with E-state index in [0.29, 0.717) is 19.6 Å². The number of carbonyl (C=O) groups is 1. The van der Waals surface area contributed by atoms with E-state index in [1.54, 1.807) is 7.11 Å². The third kappa shape index (κ3) is 2.91. The monoisotopic (exact) mass is 303 g/mol. The lowest BCUT2D eigenvalue weighted by Gasteiger charge is -2.34.